The summed E-state index contributed by atoms with van der Waals surface area (Å²) in [6, 6.07) is 0. The molecule has 1 saturated heterocycles. The van der Waals surface area contributed by atoms with E-state index in [0.717, 1.165) is 32.2 Å². The van der Waals surface area contributed by atoms with Gasteiger partial charge >= 0.3 is 0 Å². The monoisotopic (exact) mass is 248 g/mol. The van der Waals surface area contributed by atoms with Crippen LogP contribution in [0.1, 0.15) is 32.1 Å². The Morgan fingerprint density at radius 3 is 2.44 bits per heavy atom. The highest BCUT2D eigenvalue weighted by atomic mass is 32.2. The smallest absolute Gasteiger partial charge is 0.222 e. The van der Waals surface area contributed by atoms with Crippen molar-refractivity contribution in [1.82, 2.24) is 9.62 Å². The first kappa shape index (κ1) is 13.4. The van der Waals surface area contributed by atoms with Gasteiger partial charge in [0.05, 0.1) is 6.26 Å². The molecule has 1 N–H and O–H groups in total. The predicted octanol–water partition coefficient (Wildman–Crippen LogP) is 0.328. The molecule has 0 atom stereocenters. The van der Waals surface area contributed by atoms with E-state index in [1.54, 1.807) is 0 Å². The van der Waals surface area contributed by atoms with Crippen LogP contribution in [0.4, 0.5) is 0 Å². The minimum atomic E-state index is -3.12. The van der Waals surface area contributed by atoms with E-state index < -0.39 is 10.0 Å². The molecule has 0 spiro atoms. The molecule has 0 saturated carbocycles. The van der Waals surface area contributed by atoms with Crippen molar-refractivity contribution < 1.29 is 13.2 Å². The van der Waals surface area contributed by atoms with Gasteiger partial charge in [0.1, 0.15) is 0 Å². The summed E-state index contributed by atoms with van der Waals surface area (Å²) < 4.78 is 23.9. The zero-order valence-corrected chi connectivity index (χ0v) is 10.6. The molecule has 1 aliphatic rings. The Bertz CT molecular complexity index is 321. The van der Waals surface area contributed by atoms with Crippen molar-refractivity contribution in [2.75, 3.05) is 25.9 Å². The van der Waals surface area contributed by atoms with Crippen molar-refractivity contribution in [3.8, 4) is 0 Å². The molecule has 94 valence electrons. The Kier molecular flexibility index (Phi) is 5.21. The molecule has 1 amide bonds. The summed E-state index contributed by atoms with van der Waals surface area (Å²) in [5.41, 5.74) is 0. The molecule has 1 fully saturated rings. The zero-order chi connectivity index (χ0) is 12.0. The van der Waals surface area contributed by atoms with Gasteiger partial charge in [-0.3, -0.25) is 4.79 Å². The molecule has 6 heteroatoms. The normalized spacial score (nSPS) is 17.4. The van der Waals surface area contributed by atoms with Gasteiger partial charge in [-0.15, -0.1) is 0 Å². The van der Waals surface area contributed by atoms with Crippen molar-refractivity contribution in [2.24, 2.45) is 0 Å². The molecule has 16 heavy (non-hydrogen) atoms. The second kappa shape index (κ2) is 6.20. The number of piperidine rings is 1. The topological polar surface area (TPSA) is 66.5 Å². The van der Waals surface area contributed by atoms with Gasteiger partial charge in [-0.05, 0) is 25.7 Å². The van der Waals surface area contributed by atoms with E-state index in [0.29, 0.717) is 19.4 Å². The first-order chi connectivity index (χ1) is 7.49. The second-order valence-corrected chi connectivity index (χ2v) is 6.04. The molecule has 0 unspecified atom stereocenters. The zero-order valence-electron chi connectivity index (χ0n) is 9.74. The van der Waals surface area contributed by atoms with Crippen LogP contribution < -0.4 is 4.72 Å². The molecule has 5 nitrogen and oxygen atoms in total. The van der Waals surface area contributed by atoms with E-state index in [1.807, 2.05) is 4.90 Å². The first-order valence-electron chi connectivity index (χ1n) is 5.71. The number of nitrogens with one attached hydrogen (secondary N) is 1. The lowest BCUT2D eigenvalue weighted by Gasteiger charge is -2.26. The molecule has 1 heterocycles. The fourth-order valence-electron chi connectivity index (χ4n) is 1.80. The summed E-state index contributed by atoms with van der Waals surface area (Å²) in [5.74, 6) is 0.148. The van der Waals surface area contributed by atoms with Crippen LogP contribution in [0.2, 0.25) is 0 Å². The first-order valence-corrected chi connectivity index (χ1v) is 7.60. The van der Waals surface area contributed by atoms with Crippen LogP contribution in [0, 0.1) is 0 Å². The molecule has 1 rings (SSSR count). The second-order valence-electron chi connectivity index (χ2n) is 4.21. The summed E-state index contributed by atoms with van der Waals surface area (Å²) in [7, 11) is -3.12. The Labute approximate surface area is 97.2 Å². The number of nitrogens with zero attached hydrogens (tertiary/aromatic N) is 1. The van der Waals surface area contributed by atoms with Gasteiger partial charge in [-0.25, -0.2) is 13.1 Å². The van der Waals surface area contributed by atoms with E-state index in [-0.39, 0.29) is 5.91 Å². The Morgan fingerprint density at radius 2 is 1.88 bits per heavy atom. The summed E-state index contributed by atoms with van der Waals surface area (Å²) in [6.07, 6.45) is 5.52. The van der Waals surface area contributed by atoms with Crippen LogP contribution in [0.25, 0.3) is 0 Å². The lowest BCUT2D eigenvalue weighted by atomic mass is 10.1. The average molecular weight is 248 g/mol. The molecular formula is C10H20N2O3S. The van der Waals surface area contributed by atoms with Crippen LogP contribution in [0.3, 0.4) is 0 Å². The van der Waals surface area contributed by atoms with Gasteiger partial charge < -0.3 is 4.90 Å². The number of rotatable bonds is 5. The summed E-state index contributed by atoms with van der Waals surface area (Å²) >= 11 is 0. The third-order valence-corrected chi connectivity index (χ3v) is 3.37. The molecule has 1 aliphatic heterocycles. The number of hydrogen-bond donors (Lipinski definition) is 1. The highest BCUT2D eigenvalue weighted by Gasteiger charge is 2.15. The Balaban J connectivity index is 2.14. The maximum absolute atomic E-state index is 11.7. The number of carbonyl (C=O) groups excluding carboxylic acids is 1. The SMILES string of the molecule is CS(=O)(=O)NCCCC(=O)N1CCCCC1. The van der Waals surface area contributed by atoms with Gasteiger partial charge in [-0.2, -0.15) is 0 Å². The number of sulfonamides is 1. The fraction of sp³-hybridized carbons (Fsp3) is 0.900. The largest absolute Gasteiger partial charge is 0.343 e. The number of carbonyl (C=O) groups is 1. The van der Waals surface area contributed by atoms with E-state index in [9.17, 15) is 13.2 Å². The third-order valence-electron chi connectivity index (χ3n) is 2.64. The average Bonchev–Trinajstić information content (AvgIpc) is 2.24. The molecule has 0 aromatic rings. The van der Waals surface area contributed by atoms with Crippen LogP contribution in [0.5, 0.6) is 0 Å². The summed E-state index contributed by atoms with van der Waals surface area (Å²) in [5, 5.41) is 0. The summed E-state index contributed by atoms with van der Waals surface area (Å²) in [4.78, 5) is 13.6. The lowest BCUT2D eigenvalue weighted by Crippen LogP contribution is -2.36. The number of amides is 1. The highest BCUT2D eigenvalue weighted by molar-refractivity contribution is 7.88. The maximum Gasteiger partial charge on any atom is 0.222 e. The molecule has 0 aromatic heterocycles. The quantitative estimate of drug-likeness (QED) is 0.713. The standard InChI is InChI=1S/C10H20N2O3S/c1-16(14,15)11-7-5-6-10(13)12-8-3-2-4-9-12/h11H,2-9H2,1H3. The van der Waals surface area contributed by atoms with E-state index in [2.05, 4.69) is 4.72 Å². The van der Waals surface area contributed by atoms with Crippen LogP contribution >= 0.6 is 0 Å². The van der Waals surface area contributed by atoms with Crippen molar-refractivity contribution in [3.05, 3.63) is 0 Å². The number of hydrogen-bond acceptors (Lipinski definition) is 3. The lowest BCUT2D eigenvalue weighted by molar-refractivity contribution is -0.132. The minimum Gasteiger partial charge on any atom is -0.343 e. The van der Waals surface area contributed by atoms with Crippen LogP contribution in [-0.4, -0.2) is 45.1 Å². The Morgan fingerprint density at radius 1 is 1.25 bits per heavy atom. The molecule has 0 aromatic carbocycles. The third kappa shape index (κ3) is 5.46. The van der Waals surface area contributed by atoms with Crippen LogP contribution in [0.15, 0.2) is 0 Å². The van der Waals surface area contributed by atoms with Crippen molar-refractivity contribution in [2.45, 2.75) is 32.1 Å². The maximum atomic E-state index is 11.7. The minimum absolute atomic E-state index is 0.148. The van der Waals surface area contributed by atoms with Crippen molar-refractivity contribution in [3.63, 3.8) is 0 Å². The van der Waals surface area contributed by atoms with Crippen LogP contribution in [-0.2, 0) is 14.8 Å². The number of likely N-dealkylation sites (tertiary alicyclic amines) is 1. The summed E-state index contributed by atoms with van der Waals surface area (Å²) in [6.45, 7) is 2.06. The van der Waals surface area contributed by atoms with Gasteiger partial charge in [0.25, 0.3) is 0 Å². The van der Waals surface area contributed by atoms with Gasteiger partial charge in [-0.1, -0.05) is 0 Å². The highest BCUT2D eigenvalue weighted by Crippen LogP contribution is 2.10. The Hall–Kier alpha value is -0.620. The van der Waals surface area contributed by atoms with Gasteiger partial charge in [0.2, 0.25) is 15.9 Å². The molecule has 0 bridgehead atoms. The van der Waals surface area contributed by atoms with E-state index in [4.69, 9.17) is 0 Å². The van der Waals surface area contributed by atoms with Crippen molar-refractivity contribution >= 4 is 15.9 Å². The van der Waals surface area contributed by atoms with Crippen molar-refractivity contribution in [1.29, 1.82) is 0 Å². The molecule has 0 radical (unpaired) electrons. The predicted molar refractivity (Wildman–Crippen MR) is 62.5 cm³/mol. The van der Waals surface area contributed by atoms with Gasteiger partial charge in [0.15, 0.2) is 0 Å². The van der Waals surface area contributed by atoms with E-state index in [1.165, 1.54) is 6.42 Å². The van der Waals surface area contributed by atoms with E-state index >= 15 is 0 Å². The van der Waals surface area contributed by atoms with Gasteiger partial charge in [0, 0.05) is 26.1 Å². The molecule has 0 aliphatic carbocycles. The molecular weight excluding hydrogens is 228 g/mol. The fourth-order valence-corrected chi connectivity index (χ4v) is 2.31.